The molecule has 1 amide bonds. The smallest absolute Gasteiger partial charge is 0.224 e. The molecule has 1 aliphatic carbocycles. The summed E-state index contributed by atoms with van der Waals surface area (Å²) in [4.78, 5) is 12.0. The third kappa shape index (κ3) is 4.66. The lowest BCUT2D eigenvalue weighted by molar-refractivity contribution is -0.126. The molecular formula is C15H22N4O. The molecule has 0 aromatic rings. The molecule has 0 saturated heterocycles. The van der Waals surface area contributed by atoms with Gasteiger partial charge in [0.2, 0.25) is 5.91 Å². The van der Waals surface area contributed by atoms with E-state index in [1.54, 1.807) is 12.1 Å². The molecular weight excluding hydrogens is 252 g/mol. The summed E-state index contributed by atoms with van der Waals surface area (Å²) in [6.07, 6.45) is 7.51. The van der Waals surface area contributed by atoms with Crippen molar-refractivity contribution in [3.8, 4) is 12.1 Å². The molecule has 0 aromatic heterocycles. The van der Waals surface area contributed by atoms with Crippen LogP contribution in [0.1, 0.15) is 51.9 Å². The highest BCUT2D eigenvalue weighted by Gasteiger charge is 2.28. The molecule has 108 valence electrons. The van der Waals surface area contributed by atoms with E-state index in [-0.39, 0.29) is 11.8 Å². The zero-order valence-electron chi connectivity index (χ0n) is 12.0. The first-order chi connectivity index (χ1) is 9.62. The Bertz CT molecular complexity index is 424. The summed E-state index contributed by atoms with van der Waals surface area (Å²) in [7, 11) is 0. The Morgan fingerprint density at radius 2 is 2.00 bits per heavy atom. The maximum Gasteiger partial charge on any atom is 0.224 e. The van der Waals surface area contributed by atoms with Crippen LogP contribution in [0.4, 0.5) is 0 Å². The second kappa shape index (κ2) is 8.32. The molecule has 0 aliphatic heterocycles. The quantitative estimate of drug-likeness (QED) is 0.728. The van der Waals surface area contributed by atoms with E-state index in [2.05, 4.69) is 12.2 Å². The highest BCUT2D eigenvalue weighted by atomic mass is 16.1. The minimum absolute atomic E-state index is 0.0739. The molecule has 0 aromatic carbocycles. The van der Waals surface area contributed by atoms with Crippen molar-refractivity contribution < 1.29 is 4.79 Å². The molecule has 0 spiro atoms. The van der Waals surface area contributed by atoms with Gasteiger partial charge < -0.3 is 5.32 Å². The van der Waals surface area contributed by atoms with Crippen LogP contribution < -0.4 is 5.32 Å². The van der Waals surface area contributed by atoms with Crippen molar-refractivity contribution in [1.82, 2.24) is 5.32 Å². The summed E-state index contributed by atoms with van der Waals surface area (Å²) in [5.74, 6) is 0.462. The van der Waals surface area contributed by atoms with E-state index in [0.717, 1.165) is 31.6 Å². The van der Waals surface area contributed by atoms with Crippen LogP contribution in [0.2, 0.25) is 0 Å². The third-order valence-corrected chi connectivity index (χ3v) is 4.01. The van der Waals surface area contributed by atoms with Crippen molar-refractivity contribution in [2.24, 2.45) is 11.8 Å². The normalized spacial score (nSPS) is 23.1. The third-order valence-electron chi connectivity index (χ3n) is 4.01. The number of nitrogens with zero attached hydrogens (tertiary/aromatic N) is 2. The van der Waals surface area contributed by atoms with E-state index in [9.17, 15) is 4.79 Å². The van der Waals surface area contributed by atoms with E-state index < -0.39 is 11.8 Å². The monoisotopic (exact) mass is 274 g/mol. The Hall–Kier alpha value is -1.88. The first kappa shape index (κ1) is 16.2. The van der Waals surface area contributed by atoms with Gasteiger partial charge in [0.1, 0.15) is 11.8 Å². The second-order valence-corrected chi connectivity index (χ2v) is 5.46. The zero-order valence-corrected chi connectivity index (χ0v) is 12.0. The van der Waals surface area contributed by atoms with E-state index in [1.807, 2.05) is 0 Å². The van der Waals surface area contributed by atoms with E-state index in [0.29, 0.717) is 0 Å². The summed E-state index contributed by atoms with van der Waals surface area (Å²) in [6, 6.07) is 2.27. The second-order valence-electron chi connectivity index (χ2n) is 5.46. The van der Waals surface area contributed by atoms with Gasteiger partial charge in [-0.2, -0.15) is 10.5 Å². The molecule has 1 saturated carbocycles. The van der Waals surface area contributed by atoms with Crippen LogP contribution in [0.5, 0.6) is 0 Å². The Morgan fingerprint density at radius 1 is 1.35 bits per heavy atom. The fourth-order valence-electron chi connectivity index (χ4n) is 2.70. The Balaban J connectivity index is 2.41. The first-order valence-electron chi connectivity index (χ1n) is 7.30. The minimum Gasteiger partial charge on any atom is -0.335 e. The standard InChI is InChI=1S/C15H22N4O/c1-2-3-4-11-5-7-12(8-6-11)15(20)19-14(10-17)13(18)9-16/h11-12,14,18H,2-8H2,1H3,(H,19,20)/t11?,12?,14-/m0/s1. The number of unbranched alkanes of at least 4 members (excludes halogenated alkanes) is 1. The number of hydrogen-bond acceptors (Lipinski definition) is 4. The molecule has 5 heteroatoms. The van der Waals surface area contributed by atoms with E-state index >= 15 is 0 Å². The highest BCUT2D eigenvalue weighted by Crippen LogP contribution is 2.31. The van der Waals surface area contributed by atoms with Crippen LogP contribution in [0.25, 0.3) is 0 Å². The molecule has 1 aliphatic rings. The topological polar surface area (TPSA) is 101 Å². The number of nitrogens with one attached hydrogen (secondary N) is 2. The van der Waals surface area contributed by atoms with Crippen molar-refractivity contribution in [3.05, 3.63) is 0 Å². The summed E-state index contributed by atoms with van der Waals surface area (Å²) in [5.41, 5.74) is -0.405. The first-order valence-corrected chi connectivity index (χ1v) is 7.30. The largest absolute Gasteiger partial charge is 0.335 e. The lowest BCUT2D eigenvalue weighted by atomic mass is 9.79. The number of amides is 1. The molecule has 0 bridgehead atoms. The summed E-state index contributed by atoms with van der Waals surface area (Å²) in [5, 5.41) is 27.3. The number of hydrogen-bond donors (Lipinski definition) is 2. The SMILES string of the molecule is CCCCC1CCC(C(=O)N[C@@H](C#N)C(=N)C#N)CC1. The van der Waals surface area contributed by atoms with Crippen LogP contribution in [-0.4, -0.2) is 17.7 Å². The van der Waals surface area contributed by atoms with E-state index in [4.69, 9.17) is 15.9 Å². The van der Waals surface area contributed by atoms with Gasteiger partial charge >= 0.3 is 0 Å². The van der Waals surface area contributed by atoms with Gasteiger partial charge in [0.25, 0.3) is 0 Å². The molecule has 2 N–H and O–H groups in total. The number of rotatable bonds is 6. The van der Waals surface area contributed by atoms with Crippen LogP contribution in [0, 0.1) is 39.9 Å². The maximum absolute atomic E-state index is 12.0. The van der Waals surface area contributed by atoms with Crippen LogP contribution >= 0.6 is 0 Å². The average Bonchev–Trinajstić information content (AvgIpc) is 2.50. The Morgan fingerprint density at radius 3 is 2.50 bits per heavy atom. The average molecular weight is 274 g/mol. The lowest BCUT2D eigenvalue weighted by Crippen LogP contribution is -2.43. The van der Waals surface area contributed by atoms with Crippen molar-refractivity contribution in [2.75, 3.05) is 0 Å². The summed E-state index contributed by atoms with van der Waals surface area (Å²) in [6.45, 7) is 2.19. The Labute approximate surface area is 120 Å². The van der Waals surface area contributed by atoms with Crippen LogP contribution in [0.3, 0.4) is 0 Å². The molecule has 1 rings (SSSR count). The lowest BCUT2D eigenvalue weighted by Gasteiger charge is -2.28. The predicted molar refractivity (Wildman–Crippen MR) is 75.9 cm³/mol. The van der Waals surface area contributed by atoms with Crippen LogP contribution in [-0.2, 0) is 4.79 Å². The Kier molecular flexibility index (Phi) is 6.73. The molecule has 0 heterocycles. The molecule has 20 heavy (non-hydrogen) atoms. The maximum atomic E-state index is 12.0. The van der Waals surface area contributed by atoms with Gasteiger partial charge in [-0.1, -0.05) is 26.2 Å². The molecule has 1 fully saturated rings. The van der Waals surface area contributed by atoms with E-state index in [1.165, 1.54) is 19.3 Å². The summed E-state index contributed by atoms with van der Waals surface area (Å²) >= 11 is 0. The summed E-state index contributed by atoms with van der Waals surface area (Å²) < 4.78 is 0. The van der Waals surface area contributed by atoms with Gasteiger partial charge in [0.15, 0.2) is 6.04 Å². The predicted octanol–water partition coefficient (Wildman–Crippen LogP) is 2.53. The number of nitriles is 2. The van der Waals surface area contributed by atoms with Gasteiger partial charge in [-0.15, -0.1) is 0 Å². The minimum atomic E-state index is -1.11. The van der Waals surface area contributed by atoms with Crippen molar-refractivity contribution in [3.63, 3.8) is 0 Å². The van der Waals surface area contributed by atoms with Gasteiger partial charge in [-0.3, -0.25) is 10.2 Å². The molecule has 0 radical (unpaired) electrons. The molecule has 1 atom stereocenters. The highest BCUT2D eigenvalue weighted by molar-refractivity contribution is 6.03. The molecule has 5 nitrogen and oxygen atoms in total. The fraction of sp³-hybridized carbons (Fsp3) is 0.733. The van der Waals surface area contributed by atoms with Gasteiger partial charge in [0.05, 0.1) is 6.07 Å². The molecule has 0 unspecified atom stereocenters. The van der Waals surface area contributed by atoms with Gasteiger partial charge in [-0.25, -0.2) is 0 Å². The van der Waals surface area contributed by atoms with Crippen molar-refractivity contribution in [2.45, 2.75) is 57.9 Å². The number of carbonyl (C=O) groups is 1. The van der Waals surface area contributed by atoms with Crippen LogP contribution in [0.15, 0.2) is 0 Å². The van der Waals surface area contributed by atoms with Gasteiger partial charge in [0, 0.05) is 5.92 Å². The van der Waals surface area contributed by atoms with Gasteiger partial charge in [-0.05, 0) is 31.6 Å². The van der Waals surface area contributed by atoms with Crippen molar-refractivity contribution in [1.29, 1.82) is 15.9 Å². The fourth-order valence-corrected chi connectivity index (χ4v) is 2.70. The van der Waals surface area contributed by atoms with Crippen molar-refractivity contribution >= 4 is 11.6 Å². The number of carbonyl (C=O) groups excluding carboxylic acids is 1. The zero-order chi connectivity index (χ0) is 15.0.